The number of oxime groups is 1. The van der Waals surface area contributed by atoms with Crippen LogP contribution in [0.2, 0.25) is 5.02 Å². The molecule has 0 radical (unpaired) electrons. The second kappa shape index (κ2) is 6.41. The second-order valence-electron chi connectivity index (χ2n) is 4.43. The van der Waals surface area contributed by atoms with Crippen LogP contribution in [0, 0.1) is 5.82 Å². The molecular formula is C14H14ClFN4O. The molecule has 110 valence electrons. The largest absolute Gasteiger partial charge is 0.409 e. The number of benzene rings is 1. The quantitative estimate of drug-likeness (QED) is 0.394. The highest BCUT2D eigenvalue weighted by Gasteiger charge is 2.15. The SMILES string of the molecule is CN(Cc1ccccc1F)c1nccc(/C(N)=N/O)c1Cl. The maximum absolute atomic E-state index is 13.7. The molecule has 0 spiro atoms. The maximum atomic E-state index is 13.7. The van der Waals surface area contributed by atoms with Gasteiger partial charge in [0, 0.05) is 30.9 Å². The summed E-state index contributed by atoms with van der Waals surface area (Å²) in [7, 11) is 1.73. The molecule has 0 atom stereocenters. The number of rotatable bonds is 4. The number of anilines is 1. The molecule has 1 aromatic carbocycles. The molecule has 0 aliphatic carbocycles. The Morgan fingerprint density at radius 2 is 2.14 bits per heavy atom. The number of halogens is 2. The minimum absolute atomic E-state index is 0.108. The van der Waals surface area contributed by atoms with Gasteiger partial charge in [-0.3, -0.25) is 0 Å². The van der Waals surface area contributed by atoms with E-state index in [-0.39, 0.29) is 16.7 Å². The molecule has 21 heavy (non-hydrogen) atoms. The number of amidine groups is 1. The van der Waals surface area contributed by atoms with Crippen molar-refractivity contribution in [1.29, 1.82) is 0 Å². The molecule has 5 nitrogen and oxygen atoms in total. The Bertz CT molecular complexity index is 678. The number of nitrogens with zero attached hydrogens (tertiary/aromatic N) is 3. The Kier molecular flexibility index (Phi) is 4.59. The van der Waals surface area contributed by atoms with E-state index in [1.165, 1.54) is 18.3 Å². The average molecular weight is 309 g/mol. The molecule has 0 aliphatic rings. The van der Waals surface area contributed by atoms with Gasteiger partial charge in [-0.05, 0) is 12.1 Å². The molecule has 1 aromatic heterocycles. The van der Waals surface area contributed by atoms with E-state index in [0.717, 1.165) is 0 Å². The van der Waals surface area contributed by atoms with Crippen molar-refractivity contribution in [3.63, 3.8) is 0 Å². The van der Waals surface area contributed by atoms with Crippen molar-refractivity contribution in [3.05, 3.63) is 58.5 Å². The van der Waals surface area contributed by atoms with Crippen molar-refractivity contribution in [2.75, 3.05) is 11.9 Å². The minimum atomic E-state index is -0.298. The lowest BCUT2D eigenvalue weighted by Crippen LogP contribution is -2.21. The van der Waals surface area contributed by atoms with Crippen LogP contribution in [0.5, 0.6) is 0 Å². The number of hydrogen-bond acceptors (Lipinski definition) is 4. The lowest BCUT2D eigenvalue weighted by molar-refractivity contribution is 0.318. The predicted octanol–water partition coefficient (Wildman–Crippen LogP) is 2.60. The van der Waals surface area contributed by atoms with Crippen molar-refractivity contribution < 1.29 is 9.60 Å². The van der Waals surface area contributed by atoms with Crippen LogP contribution in [0.1, 0.15) is 11.1 Å². The highest BCUT2D eigenvalue weighted by Crippen LogP contribution is 2.27. The second-order valence-corrected chi connectivity index (χ2v) is 4.81. The van der Waals surface area contributed by atoms with E-state index in [1.54, 1.807) is 30.1 Å². The fourth-order valence-corrected chi connectivity index (χ4v) is 2.26. The van der Waals surface area contributed by atoms with E-state index in [1.807, 2.05) is 0 Å². The van der Waals surface area contributed by atoms with Gasteiger partial charge in [0.1, 0.15) is 11.6 Å². The molecule has 2 rings (SSSR count). The van der Waals surface area contributed by atoms with Gasteiger partial charge in [0.25, 0.3) is 0 Å². The highest BCUT2D eigenvalue weighted by molar-refractivity contribution is 6.36. The molecule has 0 amide bonds. The Hall–Kier alpha value is -2.34. The van der Waals surface area contributed by atoms with Crippen molar-refractivity contribution >= 4 is 23.3 Å². The third-order valence-electron chi connectivity index (χ3n) is 2.98. The average Bonchev–Trinajstić information content (AvgIpc) is 2.49. The fraction of sp³-hybridized carbons (Fsp3) is 0.143. The number of nitrogens with two attached hydrogens (primary N) is 1. The molecule has 0 bridgehead atoms. The van der Waals surface area contributed by atoms with Crippen molar-refractivity contribution in [2.24, 2.45) is 10.9 Å². The molecule has 2 aromatic rings. The van der Waals surface area contributed by atoms with Gasteiger partial charge < -0.3 is 15.8 Å². The summed E-state index contributed by atoms with van der Waals surface area (Å²) >= 11 is 6.21. The minimum Gasteiger partial charge on any atom is -0.409 e. The summed E-state index contributed by atoms with van der Waals surface area (Å²) in [6.45, 7) is 0.291. The summed E-state index contributed by atoms with van der Waals surface area (Å²) in [5, 5.41) is 11.9. The van der Waals surface area contributed by atoms with Gasteiger partial charge in [0.05, 0.1) is 5.02 Å². The van der Waals surface area contributed by atoms with Gasteiger partial charge in [-0.1, -0.05) is 35.0 Å². The normalized spacial score (nSPS) is 11.5. The van der Waals surface area contributed by atoms with Crippen LogP contribution in [-0.2, 0) is 6.54 Å². The number of aromatic nitrogens is 1. The van der Waals surface area contributed by atoms with Crippen molar-refractivity contribution in [1.82, 2.24) is 4.98 Å². The van der Waals surface area contributed by atoms with E-state index in [0.29, 0.717) is 23.5 Å². The zero-order valence-corrected chi connectivity index (χ0v) is 12.0. The molecule has 0 saturated carbocycles. The maximum Gasteiger partial charge on any atom is 0.171 e. The molecule has 0 aliphatic heterocycles. The van der Waals surface area contributed by atoms with E-state index < -0.39 is 0 Å². The third-order valence-corrected chi connectivity index (χ3v) is 3.35. The Morgan fingerprint density at radius 1 is 1.43 bits per heavy atom. The van der Waals surface area contributed by atoms with Crippen LogP contribution < -0.4 is 10.6 Å². The standard InChI is InChI=1S/C14H14ClFN4O/c1-20(8-9-4-2-3-5-11(9)16)14-12(15)10(6-7-18-14)13(17)19-21/h2-7,21H,8H2,1H3,(H2,17,19). The first-order valence-electron chi connectivity index (χ1n) is 6.11. The van der Waals surface area contributed by atoms with Crippen LogP contribution in [0.4, 0.5) is 10.2 Å². The zero-order valence-electron chi connectivity index (χ0n) is 11.3. The first-order chi connectivity index (χ1) is 10.0. The number of pyridine rings is 1. The lowest BCUT2D eigenvalue weighted by atomic mass is 10.2. The molecule has 1 heterocycles. The van der Waals surface area contributed by atoms with Crippen LogP contribution >= 0.6 is 11.6 Å². The Morgan fingerprint density at radius 3 is 2.81 bits per heavy atom. The van der Waals surface area contributed by atoms with Crippen molar-refractivity contribution in [2.45, 2.75) is 6.54 Å². The third kappa shape index (κ3) is 3.22. The van der Waals surface area contributed by atoms with E-state index in [4.69, 9.17) is 22.5 Å². The molecule has 0 fully saturated rings. The topological polar surface area (TPSA) is 74.7 Å². The summed E-state index contributed by atoms with van der Waals surface area (Å²) < 4.78 is 13.7. The number of hydrogen-bond donors (Lipinski definition) is 2. The van der Waals surface area contributed by atoms with E-state index >= 15 is 0 Å². The summed E-state index contributed by atoms with van der Waals surface area (Å²) in [6, 6.07) is 8.01. The summed E-state index contributed by atoms with van der Waals surface area (Å²) in [6.07, 6.45) is 1.49. The smallest absolute Gasteiger partial charge is 0.171 e. The monoisotopic (exact) mass is 308 g/mol. The van der Waals surface area contributed by atoms with Gasteiger partial charge in [-0.15, -0.1) is 0 Å². The van der Waals surface area contributed by atoms with E-state index in [2.05, 4.69) is 10.1 Å². The van der Waals surface area contributed by atoms with Crippen LogP contribution in [-0.4, -0.2) is 23.1 Å². The fourth-order valence-electron chi connectivity index (χ4n) is 1.91. The van der Waals surface area contributed by atoms with E-state index in [9.17, 15) is 4.39 Å². The molecule has 0 saturated heterocycles. The highest BCUT2D eigenvalue weighted by atomic mass is 35.5. The summed E-state index contributed by atoms with van der Waals surface area (Å²) in [4.78, 5) is 5.85. The molecule has 7 heteroatoms. The predicted molar refractivity (Wildman–Crippen MR) is 80.3 cm³/mol. The van der Waals surface area contributed by atoms with Gasteiger partial charge in [-0.25, -0.2) is 9.37 Å². The van der Waals surface area contributed by atoms with Crippen LogP contribution in [0.15, 0.2) is 41.7 Å². The first kappa shape index (κ1) is 15.1. The Balaban J connectivity index is 2.32. The van der Waals surface area contributed by atoms with Gasteiger partial charge in [0.2, 0.25) is 0 Å². The van der Waals surface area contributed by atoms with Gasteiger partial charge in [-0.2, -0.15) is 0 Å². The van der Waals surface area contributed by atoms with Crippen LogP contribution in [0.3, 0.4) is 0 Å². The molecule has 0 unspecified atom stereocenters. The van der Waals surface area contributed by atoms with Gasteiger partial charge >= 0.3 is 0 Å². The molecule has 3 N–H and O–H groups in total. The Labute approximate surface area is 126 Å². The molecular weight excluding hydrogens is 295 g/mol. The summed E-state index contributed by atoms with van der Waals surface area (Å²) in [5.74, 6) is 0.0139. The first-order valence-corrected chi connectivity index (χ1v) is 6.49. The summed E-state index contributed by atoms with van der Waals surface area (Å²) in [5.41, 5.74) is 6.44. The van der Waals surface area contributed by atoms with Crippen LogP contribution in [0.25, 0.3) is 0 Å². The zero-order chi connectivity index (χ0) is 15.4. The van der Waals surface area contributed by atoms with Crippen molar-refractivity contribution in [3.8, 4) is 0 Å². The lowest BCUT2D eigenvalue weighted by Gasteiger charge is -2.20. The van der Waals surface area contributed by atoms with Gasteiger partial charge in [0.15, 0.2) is 5.84 Å².